The number of benzene rings is 1. The van der Waals surface area contributed by atoms with E-state index in [1.165, 1.54) is 18.2 Å². The average molecular weight is 285 g/mol. The van der Waals surface area contributed by atoms with Gasteiger partial charge in [-0.15, -0.1) is 0 Å². The number of anilines is 1. The first-order valence-electron chi connectivity index (χ1n) is 6.54. The summed E-state index contributed by atoms with van der Waals surface area (Å²) in [5, 5.41) is 6.11. The SMILES string of the molecule is CCCC1(C(=O)Nc2ccc(F)c(Cl)c2)CCNC1. The van der Waals surface area contributed by atoms with E-state index < -0.39 is 5.82 Å². The van der Waals surface area contributed by atoms with Gasteiger partial charge in [0.25, 0.3) is 0 Å². The molecule has 1 amide bonds. The number of hydrogen-bond acceptors (Lipinski definition) is 2. The molecule has 2 N–H and O–H groups in total. The number of carbonyl (C=O) groups excluding carboxylic acids is 1. The van der Waals surface area contributed by atoms with Crippen LogP contribution in [0, 0.1) is 11.2 Å². The predicted octanol–water partition coefficient (Wildman–Crippen LogP) is 3.20. The molecule has 3 nitrogen and oxygen atoms in total. The number of rotatable bonds is 4. The van der Waals surface area contributed by atoms with E-state index in [2.05, 4.69) is 17.6 Å². The van der Waals surface area contributed by atoms with Crippen molar-refractivity contribution in [3.8, 4) is 0 Å². The highest BCUT2D eigenvalue weighted by atomic mass is 35.5. The lowest BCUT2D eigenvalue weighted by Crippen LogP contribution is -2.38. The molecule has 104 valence electrons. The molecular formula is C14H18ClFN2O. The third kappa shape index (κ3) is 3.07. The summed E-state index contributed by atoms with van der Waals surface area (Å²) in [6.45, 7) is 3.63. The van der Waals surface area contributed by atoms with Crippen LogP contribution >= 0.6 is 11.6 Å². The molecule has 0 aliphatic carbocycles. The van der Waals surface area contributed by atoms with Gasteiger partial charge in [0.15, 0.2) is 0 Å². The highest BCUT2D eigenvalue weighted by molar-refractivity contribution is 6.31. The fourth-order valence-electron chi connectivity index (χ4n) is 2.58. The van der Waals surface area contributed by atoms with Crippen molar-refractivity contribution in [1.82, 2.24) is 5.32 Å². The van der Waals surface area contributed by atoms with Crippen LogP contribution in [-0.2, 0) is 4.79 Å². The zero-order chi connectivity index (χ0) is 13.9. The third-order valence-corrected chi connectivity index (χ3v) is 3.92. The Hall–Kier alpha value is -1.13. The summed E-state index contributed by atoms with van der Waals surface area (Å²) in [6, 6.07) is 4.23. The largest absolute Gasteiger partial charge is 0.326 e. The van der Waals surface area contributed by atoms with Crippen LogP contribution in [0.2, 0.25) is 5.02 Å². The van der Waals surface area contributed by atoms with Crippen molar-refractivity contribution in [2.45, 2.75) is 26.2 Å². The molecule has 0 saturated carbocycles. The van der Waals surface area contributed by atoms with E-state index in [1.807, 2.05) is 0 Å². The number of nitrogens with one attached hydrogen (secondary N) is 2. The Kier molecular flexibility index (Phi) is 4.42. The molecule has 1 aromatic rings. The molecule has 0 aromatic heterocycles. The van der Waals surface area contributed by atoms with Crippen molar-refractivity contribution in [2.75, 3.05) is 18.4 Å². The van der Waals surface area contributed by atoms with Gasteiger partial charge in [0.05, 0.1) is 10.4 Å². The van der Waals surface area contributed by atoms with E-state index in [1.54, 1.807) is 0 Å². The van der Waals surface area contributed by atoms with E-state index >= 15 is 0 Å². The van der Waals surface area contributed by atoms with Crippen molar-refractivity contribution in [3.05, 3.63) is 29.0 Å². The quantitative estimate of drug-likeness (QED) is 0.891. The van der Waals surface area contributed by atoms with Gasteiger partial charge in [0, 0.05) is 12.2 Å². The Bertz CT molecular complexity index is 473. The first-order valence-corrected chi connectivity index (χ1v) is 6.92. The highest BCUT2D eigenvalue weighted by Gasteiger charge is 2.40. The molecule has 1 heterocycles. The van der Waals surface area contributed by atoms with Crippen LogP contribution in [0.4, 0.5) is 10.1 Å². The zero-order valence-electron chi connectivity index (χ0n) is 10.9. The van der Waals surface area contributed by atoms with Gasteiger partial charge >= 0.3 is 0 Å². The summed E-state index contributed by atoms with van der Waals surface area (Å²) in [5.74, 6) is -0.493. The summed E-state index contributed by atoms with van der Waals surface area (Å²) in [6.07, 6.45) is 2.64. The van der Waals surface area contributed by atoms with E-state index in [4.69, 9.17) is 11.6 Å². The molecule has 1 aliphatic rings. The molecule has 0 spiro atoms. The van der Waals surface area contributed by atoms with Crippen molar-refractivity contribution in [3.63, 3.8) is 0 Å². The second kappa shape index (κ2) is 5.88. The van der Waals surface area contributed by atoms with Gasteiger partial charge in [-0.2, -0.15) is 0 Å². The van der Waals surface area contributed by atoms with Crippen LogP contribution in [0.25, 0.3) is 0 Å². The Morgan fingerprint density at radius 2 is 2.37 bits per heavy atom. The van der Waals surface area contributed by atoms with Crippen molar-refractivity contribution in [1.29, 1.82) is 0 Å². The van der Waals surface area contributed by atoms with E-state index in [-0.39, 0.29) is 16.3 Å². The Labute approximate surface area is 117 Å². The maximum absolute atomic E-state index is 13.1. The molecule has 1 unspecified atom stereocenters. The lowest BCUT2D eigenvalue weighted by Gasteiger charge is -2.26. The molecular weight excluding hydrogens is 267 g/mol. The van der Waals surface area contributed by atoms with E-state index in [0.717, 1.165) is 25.8 Å². The Morgan fingerprint density at radius 3 is 2.95 bits per heavy atom. The number of hydrogen-bond donors (Lipinski definition) is 2. The van der Waals surface area contributed by atoms with Gasteiger partial charge in [-0.3, -0.25) is 4.79 Å². The molecule has 0 radical (unpaired) electrons. The minimum Gasteiger partial charge on any atom is -0.326 e. The summed E-state index contributed by atoms with van der Waals surface area (Å²) < 4.78 is 13.1. The summed E-state index contributed by atoms with van der Waals surface area (Å²) in [5.41, 5.74) is 0.189. The molecule has 1 fully saturated rings. The molecule has 1 aliphatic heterocycles. The molecule has 1 aromatic carbocycles. The number of carbonyl (C=O) groups is 1. The Balaban J connectivity index is 2.12. The van der Waals surface area contributed by atoms with E-state index in [9.17, 15) is 9.18 Å². The van der Waals surface area contributed by atoms with Crippen LogP contribution < -0.4 is 10.6 Å². The van der Waals surface area contributed by atoms with Crippen molar-refractivity contribution >= 4 is 23.2 Å². The minimum absolute atomic E-state index is 0.0120. The van der Waals surface area contributed by atoms with Gasteiger partial charge < -0.3 is 10.6 Å². The molecule has 0 bridgehead atoms. The fraction of sp³-hybridized carbons (Fsp3) is 0.500. The normalized spacial score (nSPS) is 22.5. The van der Waals surface area contributed by atoms with Gasteiger partial charge in [-0.05, 0) is 37.6 Å². The topological polar surface area (TPSA) is 41.1 Å². The fourth-order valence-corrected chi connectivity index (χ4v) is 2.76. The summed E-state index contributed by atoms with van der Waals surface area (Å²) >= 11 is 5.71. The second-order valence-electron chi connectivity index (χ2n) is 5.04. The summed E-state index contributed by atoms with van der Waals surface area (Å²) in [7, 11) is 0. The first-order chi connectivity index (χ1) is 9.07. The average Bonchev–Trinajstić information content (AvgIpc) is 2.84. The molecule has 1 atom stereocenters. The standard InChI is InChI=1S/C14H18ClFN2O/c1-2-5-14(6-7-17-9-14)13(19)18-10-3-4-12(16)11(15)8-10/h3-4,8,17H,2,5-7,9H2,1H3,(H,18,19). The lowest BCUT2D eigenvalue weighted by molar-refractivity contribution is -0.125. The van der Waals surface area contributed by atoms with Gasteiger partial charge in [-0.25, -0.2) is 4.39 Å². The predicted molar refractivity (Wildman–Crippen MR) is 74.9 cm³/mol. The highest BCUT2D eigenvalue weighted by Crippen LogP contribution is 2.33. The molecule has 2 rings (SSSR count). The molecule has 1 saturated heterocycles. The second-order valence-corrected chi connectivity index (χ2v) is 5.45. The van der Waals surface area contributed by atoms with Crippen LogP contribution in [0.5, 0.6) is 0 Å². The first kappa shape index (κ1) is 14.3. The van der Waals surface area contributed by atoms with E-state index in [0.29, 0.717) is 12.2 Å². The van der Waals surface area contributed by atoms with Crippen molar-refractivity contribution in [2.24, 2.45) is 5.41 Å². The van der Waals surface area contributed by atoms with Gasteiger partial charge in [0.2, 0.25) is 5.91 Å². The van der Waals surface area contributed by atoms with Crippen LogP contribution in [0.3, 0.4) is 0 Å². The number of halogens is 2. The molecule has 19 heavy (non-hydrogen) atoms. The maximum Gasteiger partial charge on any atom is 0.231 e. The number of amides is 1. The monoisotopic (exact) mass is 284 g/mol. The summed E-state index contributed by atoms with van der Waals surface area (Å²) in [4.78, 5) is 12.4. The minimum atomic E-state index is -0.481. The Morgan fingerprint density at radius 1 is 1.58 bits per heavy atom. The van der Waals surface area contributed by atoms with Crippen LogP contribution in [0.15, 0.2) is 18.2 Å². The maximum atomic E-state index is 13.1. The molecule has 5 heteroatoms. The smallest absolute Gasteiger partial charge is 0.231 e. The van der Waals surface area contributed by atoms with Gasteiger partial charge in [0.1, 0.15) is 5.82 Å². The van der Waals surface area contributed by atoms with Gasteiger partial charge in [-0.1, -0.05) is 24.9 Å². The van der Waals surface area contributed by atoms with Crippen LogP contribution in [0.1, 0.15) is 26.2 Å². The van der Waals surface area contributed by atoms with Crippen molar-refractivity contribution < 1.29 is 9.18 Å². The lowest BCUT2D eigenvalue weighted by atomic mass is 9.81. The third-order valence-electron chi connectivity index (χ3n) is 3.63. The van der Waals surface area contributed by atoms with Crippen LogP contribution in [-0.4, -0.2) is 19.0 Å². The zero-order valence-corrected chi connectivity index (χ0v) is 11.7.